The summed E-state index contributed by atoms with van der Waals surface area (Å²) in [4.78, 5) is 76.4. The number of nitrogens with one attached hydrogen (secondary N) is 5. The lowest BCUT2D eigenvalue weighted by Crippen LogP contribution is -2.73. The summed E-state index contributed by atoms with van der Waals surface area (Å²) in [7, 11) is 0. The molecule has 17 heteroatoms. The number of aliphatic carboxylic acids is 1. The molecule has 0 radical (unpaired) electrons. The largest absolute Gasteiger partial charge is 0.480 e. The van der Waals surface area contributed by atoms with Gasteiger partial charge in [-0.3, -0.25) is 24.0 Å². The molecule has 2 aromatic rings. The molecule has 0 saturated heterocycles. The molecule has 0 spiro atoms. The summed E-state index contributed by atoms with van der Waals surface area (Å²) >= 11 is 0. The molecule has 52 heavy (non-hydrogen) atoms. The number of alkyl halides is 3. The number of ether oxygens (including phenoxy) is 1. The standard InChI is InChI=1S/C35H45F3N6O8/c1-4-12-25(39)29(47)42-27(19-23-13-7-5-8-14-23)31(49)44-34(22(2)3,35(36,37)38)32(50)43-26(30(48)41-20-28(45)46)17-11-18-40-33(51)52-21-24-15-9-6-10-16-24/h4-10,13-16,22,25-27H,1,11-12,17-21,39H2,2-3H3,(H,40,51)(H,41,48)(H,42,47)(H,43,50)(H,44,49)(H,45,46)/t25-,26+,27-,34?/m1/s1. The van der Waals surface area contributed by atoms with E-state index in [1.807, 2.05) is 16.0 Å². The molecular weight excluding hydrogens is 689 g/mol. The molecule has 0 aliphatic carbocycles. The summed E-state index contributed by atoms with van der Waals surface area (Å²) in [5, 5.41) is 19.7. The second-order valence-electron chi connectivity index (χ2n) is 12.1. The number of halogens is 3. The van der Waals surface area contributed by atoms with E-state index in [0.717, 1.165) is 13.8 Å². The van der Waals surface area contributed by atoms with Gasteiger partial charge in [0.15, 0.2) is 0 Å². The van der Waals surface area contributed by atoms with Crippen molar-refractivity contribution in [1.29, 1.82) is 0 Å². The first-order valence-corrected chi connectivity index (χ1v) is 16.4. The predicted octanol–water partition coefficient (Wildman–Crippen LogP) is 2.08. The Morgan fingerprint density at radius 3 is 2.00 bits per heavy atom. The third kappa shape index (κ3) is 13.0. The molecule has 1 unspecified atom stereocenters. The number of alkyl carbamates (subject to hydrolysis) is 1. The van der Waals surface area contributed by atoms with Crippen molar-refractivity contribution < 1.29 is 51.8 Å². The molecule has 8 N–H and O–H groups in total. The molecule has 14 nitrogen and oxygen atoms in total. The Kier molecular flexibility index (Phi) is 16.8. The number of carboxylic acids is 1. The lowest BCUT2D eigenvalue weighted by Gasteiger charge is -2.40. The van der Waals surface area contributed by atoms with Crippen LogP contribution in [-0.2, 0) is 41.7 Å². The topological polar surface area (TPSA) is 218 Å². The van der Waals surface area contributed by atoms with Gasteiger partial charge in [0.05, 0.1) is 6.04 Å². The predicted molar refractivity (Wildman–Crippen MR) is 183 cm³/mol. The summed E-state index contributed by atoms with van der Waals surface area (Å²) in [6, 6.07) is 12.3. The number of hydrogen-bond donors (Lipinski definition) is 7. The van der Waals surface area contributed by atoms with Gasteiger partial charge < -0.3 is 42.2 Å². The van der Waals surface area contributed by atoms with Gasteiger partial charge >= 0.3 is 18.2 Å². The highest BCUT2D eigenvalue weighted by Gasteiger charge is 2.64. The Labute approximate surface area is 299 Å². The highest BCUT2D eigenvalue weighted by Crippen LogP contribution is 2.37. The summed E-state index contributed by atoms with van der Waals surface area (Å²) in [5.74, 6) is -8.29. The van der Waals surface area contributed by atoms with Crippen LogP contribution in [-0.4, -0.2) is 83.7 Å². The van der Waals surface area contributed by atoms with Crippen molar-refractivity contribution in [3.05, 3.63) is 84.4 Å². The smallest absolute Gasteiger partial charge is 0.420 e. The van der Waals surface area contributed by atoms with Crippen molar-refractivity contribution in [2.75, 3.05) is 13.1 Å². The van der Waals surface area contributed by atoms with E-state index in [-0.39, 0.29) is 38.8 Å². The normalized spacial score (nSPS) is 14.1. The maximum Gasteiger partial charge on any atom is 0.420 e. The number of nitrogens with two attached hydrogens (primary N) is 1. The van der Waals surface area contributed by atoms with Crippen LogP contribution in [0.3, 0.4) is 0 Å². The van der Waals surface area contributed by atoms with Gasteiger partial charge in [0.2, 0.25) is 23.3 Å². The van der Waals surface area contributed by atoms with Crippen molar-refractivity contribution in [2.24, 2.45) is 11.7 Å². The molecule has 0 aliphatic rings. The van der Waals surface area contributed by atoms with E-state index in [9.17, 15) is 28.8 Å². The Hall–Kier alpha value is -5.45. The number of carboxylic acid groups (broad SMARTS) is 1. The third-order valence-electron chi connectivity index (χ3n) is 7.85. The number of rotatable bonds is 20. The van der Waals surface area contributed by atoms with E-state index in [2.05, 4.69) is 17.2 Å². The number of carbonyl (C=O) groups is 6. The molecule has 0 aromatic heterocycles. The lowest BCUT2D eigenvalue weighted by atomic mass is 9.83. The van der Waals surface area contributed by atoms with Gasteiger partial charge in [-0.1, -0.05) is 80.6 Å². The first-order valence-electron chi connectivity index (χ1n) is 16.4. The Morgan fingerprint density at radius 1 is 0.865 bits per heavy atom. The fraction of sp³-hybridized carbons (Fsp3) is 0.429. The number of carbonyl (C=O) groups excluding carboxylic acids is 5. The van der Waals surface area contributed by atoms with Crippen LogP contribution in [0.15, 0.2) is 73.3 Å². The van der Waals surface area contributed by atoms with E-state index in [1.165, 1.54) is 6.08 Å². The monoisotopic (exact) mass is 734 g/mol. The van der Waals surface area contributed by atoms with Crippen LogP contribution in [0.25, 0.3) is 0 Å². The van der Waals surface area contributed by atoms with Crippen molar-refractivity contribution in [3.63, 3.8) is 0 Å². The molecule has 2 rings (SSSR count). The minimum Gasteiger partial charge on any atom is -0.480 e. The van der Waals surface area contributed by atoms with Crippen molar-refractivity contribution >= 4 is 35.7 Å². The van der Waals surface area contributed by atoms with E-state index in [1.54, 1.807) is 60.7 Å². The Bertz CT molecular complexity index is 1530. The van der Waals surface area contributed by atoms with E-state index >= 15 is 13.2 Å². The quantitative estimate of drug-likeness (QED) is 0.0782. The highest BCUT2D eigenvalue weighted by atomic mass is 19.4. The summed E-state index contributed by atoms with van der Waals surface area (Å²) in [6.45, 7) is 4.47. The van der Waals surface area contributed by atoms with Crippen molar-refractivity contribution in [1.82, 2.24) is 26.6 Å². The van der Waals surface area contributed by atoms with Crippen LogP contribution in [0.4, 0.5) is 18.0 Å². The first-order chi connectivity index (χ1) is 24.5. The summed E-state index contributed by atoms with van der Waals surface area (Å²) in [6.07, 6.45) is -5.62. The Morgan fingerprint density at radius 2 is 1.46 bits per heavy atom. The second kappa shape index (κ2) is 20.4. The molecule has 2 aromatic carbocycles. The van der Waals surface area contributed by atoms with Crippen LogP contribution in [0.1, 0.15) is 44.2 Å². The van der Waals surface area contributed by atoms with Gasteiger partial charge in [0.1, 0.15) is 25.2 Å². The molecule has 0 saturated carbocycles. The van der Waals surface area contributed by atoms with Crippen LogP contribution in [0, 0.1) is 5.92 Å². The minimum absolute atomic E-state index is 0.00210. The molecule has 0 aliphatic heterocycles. The van der Waals surface area contributed by atoms with Crippen LogP contribution >= 0.6 is 0 Å². The average molecular weight is 735 g/mol. The second-order valence-corrected chi connectivity index (χ2v) is 12.1. The zero-order chi connectivity index (χ0) is 38.9. The molecule has 0 heterocycles. The van der Waals surface area contributed by atoms with E-state index < -0.39 is 78.0 Å². The number of hydrogen-bond acceptors (Lipinski definition) is 8. The van der Waals surface area contributed by atoms with Crippen molar-refractivity contribution in [3.8, 4) is 0 Å². The van der Waals surface area contributed by atoms with Gasteiger partial charge in [0.25, 0.3) is 5.91 Å². The van der Waals surface area contributed by atoms with Crippen LogP contribution < -0.4 is 32.3 Å². The van der Waals surface area contributed by atoms with Gasteiger partial charge in [0, 0.05) is 13.0 Å². The third-order valence-corrected chi connectivity index (χ3v) is 7.85. The van der Waals surface area contributed by atoms with Gasteiger partial charge in [-0.05, 0) is 36.3 Å². The molecule has 4 atom stereocenters. The summed E-state index contributed by atoms with van der Waals surface area (Å²) < 4.78 is 50.3. The molecular formula is C35H45F3N6O8. The zero-order valence-corrected chi connectivity index (χ0v) is 28.8. The summed E-state index contributed by atoms with van der Waals surface area (Å²) in [5.41, 5.74) is 3.38. The average Bonchev–Trinajstić information content (AvgIpc) is 3.09. The van der Waals surface area contributed by atoms with Crippen LogP contribution in [0.5, 0.6) is 0 Å². The molecule has 0 bridgehead atoms. The van der Waals surface area contributed by atoms with Gasteiger partial charge in [-0.15, -0.1) is 6.58 Å². The molecule has 0 fully saturated rings. The lowest BCUT2D eigenvalue weighted by molar-refractivity contribution is -0.212. The Balaban J connectivity index is 2.32. The number of amides is 5. The van der Waals surface area contributed by atoms with Crippen LogP contribution in [0.2, 0.25) is 0 Å². The maximum absolute atomic E-state index is 15.1. The fourth-order valence-electron chi connectivity index (χ4n) is 4.99. The maximum atomic E-state index is 15.1. The van der Waals surface area contributed by atoms with E-state index in [4.69, 9.17) is 15.6 Å². The first kappa shape index (κ1) is 42.7. The van der Waals surface area contributed by atoms with Gasteiger partial charge in [-0.2, -0.15) is 13.2 Å². The minimum atomic E-state index is -5.45. The molecule has 5 amide bonds. The van der Waals surface area contributed by atoms with E-state index in [0.29, 0.717) is 11.1 Å². The van der Waals surface area contributed by atoms with Gasteiger partial charge in [-0.25, -0.2) is 4.79 Å². The molecule has 284 valence electrons. The van der Waals surface area contributed by atoms with Crippen molar-refractivity contribution in [2.45, 2.75) is 76.0 Å². The zero-order valence-electron chi connectivity index (χ0n) is 28.8. The SMILES string of the molecule is C=CC[C@@H](N)C(=O)N[C@H](Cc1ccccc1)C(=O)NC(C(=O)N[C@@H](CCCNC(=O)OCc1ccccc1)C(=O)NCC(=O)O)(C(C)C)C(F)(F)F. The highest BCUT2D eigenvalue weighted by molar-refractivity contribution is 5.98. The fourth-order valence-corrected chi connectivity index (χ4v) is 4.99. The number of benzene rings is 2.